The van der Waals surface area contributed by atoms with E-state index in [1.807, 2.05) is 54.6 Å². The molecule has 1 heterocycles. The zero-order valence-electron chi connectivity index (χ0n) is 12.6. The van der Waals surface area contributed by atoms with Gasteiger partial charge in [0, 0.05) is 12.1 Å². The fraction of sp³-hybridized carbons (Fsp3) is 0.222. The Hall–Kier alpha value is -2.82. The highest BCUT2D eigenvalue weighted by Crippen LogP contribution is 2.31. The van der Waals surface area contributed by atoms with Gasteiger partial charge in [0.05, 0.1) is 12.3 Å². The van der Waals surface area contributed by atoms with Crippen LogP contribution >= 0.6 is 0 Å². The van der Waals surface area contributed by atoms with Gasteiger partial charge in [0.2, 0.25) is 5.91 Å². The molecule has 5 heteroatoms. The standard InChI is InChI=1S/C18H18N2O3/c21-17(12-13-6-2-1-3-7-13)19-11-10-15-14-8-4-5-9-16(14)23-20-18(15)22/h1-9,15H,10-12H2,(H,19,21)(H,20,22). The van der Waals surface area contributed by atoms with E-state index in [1.54, 1.807) is 0 Å². The average molecular weight is 310 g/mol. The molecule has 118 valence electrons. The molecular formula is C18H18N2O3. The van der Waals surface area contributed by atoms with Crippen LogP contribution < -0.4 is 15.6 Å². The Morgan fingerprint density at radius 3 is 2.65 bits per heavy atom. The maximum atomic E-state index is 12.0. The summed E-state index contributed by atoms with van der Waals surface area (Å²) < 4.78 is 0. The first-order valence-electron chi connectivity index (χ1n) is 7.60. The summed E-state index contributed by atoms with van der Waals surface area (Å²) >= 11 is 0. The molecule has 23 heavy (non-hydrogen) atoms. The maximum Gasteiger partial charge on any atom is 0.260 e. The summed E-state index contributed by atoms with van der Waals surface area (Å²) in [5, 5.41) is 2.87. The molecule has 0 spiro atoms. The van der Waals surface area contributed by atoms with Crippen molar-refractivity contribution in [1.29, 1.82) is 0 Å². The molecule has 5 nitrogen and oxygen atoms in total. The van der Waals surface area contributed by atoms with Crippen molar-refractivity contribution >= 4 is 11.8 Å². The summed E-state index contributed by atoms with van der Waals surface area (Å²) in [6.45, 7) is 0.443. The van der Waals surface area contributed by atoms with Gasteiger partial charge in [0.1, 0.15) is 0 Å². The minimum atomic E-state index is -0.308. The topological polar surface area (TPSA) is 67.4 Å². The quantitative estimate of drug-likeness (QED) is 0.887. The van der Waals surface area contributed by atoms with Gasteiger partial charge < -0.3 is 10.2 Å². The molecule has 3 rings (SSSR count). The number of hydrogen-bond acceptors (Lipinski definition) is 3. The van der Waals surface area contributed by atoms with E-state index in [9.17, 15) is 9.59 Å². The molecule has 0 saturated carbocycles. The van der Waals surface area contributed by atoms with Gasteiger partial charge in [-0.2, -0.15) is 5.48 Å². The second kappa shape index (κ2) is 6.96. The number of carbonyl (C=O) groups excluding carboxylic acids is 2. The number of carbonyl (C=O) groups is 2. The highest BCUT2D eigenvalue weighted by atomic mass is 16.7. The first-order chi connectivity index (χ1) is 11.2. The van der Waals surface area contributed by atoms with E-state index in [0.29, 0.717) is 25.1 Å². The van der Waals surface area contributed by atoms with Gasteiger partial charge in [-0.1, -0.05) is 48.5 Å². The van der Waals surface area contributed by atoms with E-state index in [4.69, 9.17) is 4.84 Å². The van der Waals surface area contributed by atoms with Crippen LogP contribution in [-0.4, -0.2) is 18.4 Å². The first-order valence-corrected chi connectivity index (χ1v) is 7.60. The van der Waals surface area contributed by atoms with Gasteiger partial charge >= 0.3 is 0 Å². The van der Waals surface area contributed by atoms with Gasteiger partial charge in [-0.3, -0.25) is 9.59 Å². The van der Waals surface area contributed by atoms with Gasteiger partial charge in [-0.25, -0.2) is 0 Å². The summed E-state index contributed by atoms with van der Waals surface area (Å²) in [6, 6.07) is 17.0. The van der Waals surface area contributed by atoms with Crippen molar-refractivity contribution < 1.29 is 14.4 Å². The minimum absolute atomic E-state index is 0.0445. The van der Waals surface area contributed by atoms with E-state index in [-0.39, 0.29) is 17.7 Å². The second-order valence-corrected chi connectivity index (χ2v) is 5.46. The lowest BCUT2D eigenvalue weighted by Gasteiger charge is -2.24. The Bertz CT molecular complexity index is 700. The number of benzene rings is 2. The fourth-order valence-corrected chi connectivity index (χ4v) is 2.67. The Kier molecular flexibility index (Phi) is 4.57. The van der Waals surface area contributed by atoms with E-state index in [1.165, 1.54) is 0 Å². The predicted molar refractivity (Wildman–Crippen MR) is 85.7 cm³/mol. The molecule has 1 aliphatic heterocycles. The molecule has 1 unspecified atom stereocenters. The van der Waals surface area contributed by atoms with Gasteiger partial charge in [-0.05, 0) is 18.1 Å². The van der Waals surface area contributed by atoms with Crippen LogP contribution in [0, 0.1) is 0 Å². The molecule has 2 aromatic rings. The second-order valence-electron chi connectivity index (χ2n) is 5.46. The molecule has 0 aromatic heterocycles. The molecule has 0 saturated heterocycles. The van der Waals surface area contributed by atoms with Crippen LogP contribution in [0.2, 0.25) is 0 Å². The number of hydrogen-bond donors (Lipinski definition) is 2. The fourth-order valence-electron chi connectivity index (χ4n) is 2.67. The monoisotopic (exact) mass is 310 g/mol. The summed E-state index contributed by atoms with van der Waals surface area (Å²) in [5.41, 5.74) is 4.24. The molecule has 2 amide bonds. The largest absolute Gasteiger partial charge is 0.379 e. The van der Waals surface area contributed by atoms with Gasteiger partial charge in [0.15, 0.2) is 5.75 Å². The number of rotatable bonds is 5. The SMILES string of the molecule is O=C(Cc1ccccc1)NCCC1C(=O)NOc2ccccc21. The number of amides is 2. The molecule has 0 aliphatic carbocycles. The van der Waals surface area contributed by atoms with E-state index in [2.05, 4.69) is 10.8 Å². The summed E-state index contributed by atoms with van der Waals surface area (Å²) in [4.78, 5) is 29.1. The lowest BCUT2D eigenvalue weighted by Crippen LogP contribution is -2.38. The van der Waals surface area contributed by atoms with Gasteiger partial charge in [-0.15, -0.1) is 0 Å². The Morgan fingerprint density at radius 2 is 1.83 bits per heavy atom. The number of nitrogens with one attached hydrogen (secondary N) is 2. The van der Waals surface area contributed by atoms with Crippen LogP contribution in [0.4, 0.5) is 0 Å². The molecule has 0 fully saturated rings. The van der Waals surface area contributed by atoms with Crippen molar-refractivity contribution in [3.63, 3.8) is 0 Å². The molecule has 0 bridgehead atoms. The lowest BCUT2D eigenvalue weighted by atomic mass is 9.93. The molecule has 1 atom stereocenters. The highest BCUT2D eigenvalue weighted by molar-refractivity contribution is 5.85. The maximum absolute atomic E-state index is 12.0. The van der Waals surface area contributed by atoms with E-state index in [0.717, 1.165) is 11.1 Å². The Morgan fingerprint density at radius 1 is 1.09 bits per heavy atom. The molecular weight excluding hydrogens is 292 g/mol. The predicted octanol–water partition coefficient (Wildman–Crippen LogP) is 1.94. The van der Waals surface area contributed by atoms with Crippen molar-refractivity contribution in [2.24, 2.45) is 0 Å². The van der Waals surface area contributed by atoms with Crippen LogP contribution in [0.25, 0.3) is 0 Å². The molecule has 2 aromatic carbocycles. The Balaban J connectivity index is 1.54. The van der Waals surface area contributed by atoms with Crippen molar-refractivity contribution in [2.45, 2.75) is 18.8 Å². The van der Waals surface area contributed by atoms with Crippen LogP contribution in [0.15, 0.2) is 54.6 Å². The van der Waals surface area contributed by atoms with Gasteiger partial charge in [0.25, 0.3) is 5.91 Å². The molecule has 0 radical (unpaired) electrons. The van der Waals surface area contributed by atoms with Crippen molar-refractivity contribution in [3.8, 4) is 5.75 Å². The van der Waals surface area contributed by atoms with Crippen LogP contribution in [0.1, 0.15) is 23.5 Å². The third-order valence-electron chi connectivity index (χ3n) is 3.84. The zero-order valence-corrected chi connectivity index (χ0v) is 12.6. The van der Waals surface area contributed by atoms with Crippen LogP contribution in [0.3, 0.4) is 0 Å². The number of para-hydroxylation sites is 1. The molecule has 2 N–H and O–H groups in total. The summed E-state index contributed by atoms with van der Waals surface area (Å²) in [5.74, 6) is 0.127. The molecule has 1 aliphatic rings. The van der Waals surface area contributed by atoms with Crippen LogP contribution in [-0.2, 0) is 16.0 Å². The van der Waals surface area contributed by atoms with E-state index < -0.39 is 0 Å². The third kappa shape index (κ3) is 3.69. The number of hydroxylamine groups is 1. The first kappa shape index (κ1) is 15.1. The summed E-state index contributed by atoms with van der Waals surface area (Å²) in [6.07, 6.45) is 0.879. The summed E-state index contributed by atoms with van der Waals surface area (Å²) in [7, 11) is 0. The normalized spacial score (nSPS) is 16.0. The Labute approximate surface area is 134 Å². The van der Waals surface area contributed by atoms with Crippen LogP contribution in [0.5, 0.6) is 5.75 Å². The minimum Gasteiger partial charge on any atom is -0.379 e. The lowest BCUT2D eigenvalue weighted by molar-refractivity contribution is -0.131. The average Bonchev–Trinajstić information content (AvgIpc) is 2.58. The van der Waals surface area contributed by atoms with Crippen molar-refractivity contribution in [3.05, 3.63) is 65.7 Å². The zero-order chi connectivity index (χ0) is 16.1. The highest BCUT2D eigenvalue weighted by Gasteiger charge is 2.28. The van der Waals surface area contributed by atoms with Crippen molar-refractivity contribution in [2.75, 3.05) is 6.54 Å². The van der Waals surface area contributed by atoms with Crippen molar-refractivity contribution in [1.82, 2.24) is 10.8 Å². The number of fused-ring (bicyclic) bond motifs is 1. The van der Waals surface area contributed by atoms with E-state index >= 15 is 0 Å². The smallest absolute Gasteiger partial charge is 0.260 e. The third-order valence-corrected chi connectivity index (χ3v) is 3.84.